The fourth-order valence-electron chi connectivity index (χ4n) is 2.59. The lowest BCUT2D eigenvalue weighted by Crippen LogP contribution is -2.37. The van der Waals surface area contributed by atoms with Crippen LogP contribution in [0.2, 0.25) is 0 Å². The molecular formula is C14H16N2O3S2. The molecule has 0 unspecified atom stereocenters. The first-order valence-electron chi connectivity index (χ1n) is 6.67. The van der Waals surface area contributed by atoms with Gasteiger partial charge in [0.2, 0.25) is 10.0 Å². The van der Waals surface area contributed by atoms with Crippen LogP contribution in [0.1, 0.15) is 16.1 Å². The zero-order valence-corrected chi connectivity index (χ0v) is 13.2. The number of carbonyl (C=O) groups excluding carboxylic acids is 1. The third-order valence-electron chi connectivity index (χ3n) is 3.49. The molecule has 1 atom stereocenters. The third kappa shape index (κ3) is 3.25. The predicted octanol–water partition coefficient (Wildman–Crippen LogP) is 1.66. The summed E-state index contributed by atoms with van der Waals surface area (Å²) in [4.78, 5) is 14.9. The van der Waals surface area contributed by atoms with Gasteiger partial charge in [0.25, 0.3) is 5.91 Å². The number of likely N-dealkylation sites (tertiary alicyclic amines) is 1. The zero-order chi connectivity index (χ0) is 15.0. The molecule has 0 aliphatic carbocycles. The Bertz CT molecular complexity index is 749. The van der Waals surface area contributed by atoms with Crippen LogP contribution < -0.4 is 4.72 Å². The van der Waals surface area contributed by atoms with Gasteiger partial charge >= 0.3 is 0 Å². The summed E-state index contributed by atoms with van der Waals surface area (Å²) in [7, 11) is -3.23. The van der Waals surface area contributed by atoms with Gasteiger partial charge in [-0.2, -0.15) is 0 Å². The first-order valence-corrected chi connectivity index (χ1v) is 9.38. The van der Waals surface area contributed by atoms with Gasteiger partial charge in [-0.25, -0.2) is 13.1 Å². The van der Waals surface area contributed by atoms with Crippen LogP contribution in [0.15, 0.2) is 30.3 Å². The highest BCUT2D eigenvalue weighted by atomic mass is 32.2. The number of rotatable bonds is 3. The first-order chi connectivity index (χ1) is 9.92. The van der Waals surface area contributed by atoms with Crippen molar-refractivity contribution in [3.63, 3.8) is 0 Å². The molecule has 1 aromatic heterocycles. The molecule has 21 heavy (non-hydrogen) atoms. The van der Waals surface area contributed by atoms with E-state index in [-0.39, 0.29) is 11.9 Å². The van der Waals surface area contributed by atoms with Crippen LogP contribution in [0.4, 0.5) is 0 Å². The van der Waals surface area contributed by atoms with Gasteiger partial charge < -0.3 is 4.90 Å². The largest absolute Gasteiger partial charge is 0.336 e. The number of carbonyl (C=O) groups is 1. The van der Waals surface area contributed by atoms with Crippen molar-refractivity contribution in [3.05, 3.63) is 35.2 Å². The van der Waals surface area contributed by atoms with Crippen molar-refractivity contribution in [1.29, 1.82) is 0 Å². The highest BCUT2D eigenvalue weighted by molar-refractivity contribution is 7.88. The van der Waals surface area contributed by atoms with E-state index in [4.69, 9.17) is 0 Å². The van der Waals surface area contributed by atoms with Gasteiger partial charge in [-0.1, -0.05) is 18.2 Å². The molecule has 0 spiro atoms. The van der Waals surface area contributed by atoms with Gasteiger partial charge in [-0.3, -0.25) is 4.79 Å². The lowest BCUT2D eigenvalue weighted by atomic mass is 10.2. The monoisotopic (exact) mass is 324 g/mol. The van der Waals surface area contributed by atoms with Crippen LogP contribution in [-0.2, 0) is 10.0 Å². The molecule has 1 fully saturated rings. The molecule has 1 saturated heterocycles. The molecule has 1 N–H and O–H groups in total. The highest BCUT2D eigenvalue weighted by Gasteiger charge is 2.29. The van der Waals surface area contributed by atoms with E-state index in [2.05, 4.69) is 4.72 Å². The molecule has 1 aromatic carbocycles. The smallest absolute Gasteiger partial charge is 0.264 e. The molecule has 3 rings (SSSR count). The second-order valence-corrected chi connectivity index (χ2v) is 8.14. The number of sulfonamides is 1. The predicted molar refractivity (Wildman–Crippen MR) is 84.1 cm³/mol. The maximum Gasteiger partial charge on any atom is 0.264 e. The normalized spacial score (nSPS) is 19.3. The second-order valence-electron chi connectivity index (χ2n) is 5.28. The van der Waals surface area contributed by atoms with Gasteiger partial charge in [0, 0.05) is 23.8 Å². The number of hydrogen-bond acceptors (Lipinski definition) is 4. The number of thiophene rings is 1. The molecular weight excluding hydrogens is 308 g/mol. The average Bonchev–Trinajstić information content (AvgIpc) is 3.01. The molecule has 2 aromatic rings. The molecule has 2 heterocycles. The molecule has 0 saturated carbocycles. The van der Waals surface area contributed by atoms with Gasteiger partial charge in [0.05, 0.1) is 11.1 Å². The Labute approximate surface area is 127 Å². The Hall–Kier alpha value is -1.44. The number of amides is 1. The van der Waals surface area contributed by atoms with E-state index in [1.165, 1.54) is 11.3 Å². The zero-order valence-electron chi connectivity index (χ0n) is 11.6. The standard InChI is InChI=1S/C14H16N2O3S2/c1-21(18,19)15-11-6-7-16(9-11)14(17)13-8-10-4-2-3-5-12(10)20-13/h2-5,8,11,15H,6-7,9H2,1H3/t11-/m1/s1. The Morgan fingerprint density at radius 3 is 2.86 bits per heavy atom. The minimum Gasteiger partial charge on any atom is -0.336 e. The van der Waals surface area contributed by atoms with E-state index < -0.39 is 10.0 Å². The Kier molecular flexibility index (Phi) is 3.73. The summed E-state index contributed by atoms with van der Waals surface area (Å²) < 4.78 is 26.1. The summed E-state index contributed by atoms with van der Waals surface area (Å²) in [6, 6.07) is 9.60. The van der Waals surface area contributed by atoms with Crippen molar-refractivity contribution in [2.24, 2.45) is 0 Å². The first kappa shape index (κ1) is 14.5. The lowest BCUT2D eigenvalue weighted by Gasteiger charge is -2.15. The van der Waals surface area contributed by atoms with Gasteiger partial charge in [0.15, 0.2) is 0 Å². The highest BCUT2D eigenvalue weighted by Crippen LogP contribution is 2.27. The summed E-state index contributed by atoms with van der Waals surface area (Å²) in [5.41, 5.74) is 0. The van der Waals surface area contributed by atoms with Crippen molar-refractivity contribution < 1.29 is 13.2 Å². The fraction of sp³-hybridized carbons (Fsp3) is 0.357. The van der Waals surface area contributed by atoms with Crippen LogP contribution in [-0.4, -0.2) is 44.6 Å². The molecule has 0 bridgehead atoms. The number of nitrogens with one attached hydrogen (secondary N) is 1. The summed E-state index contributed by atoms with van der Waals surface area (Å²) in [6.07, 6.45) is 1.80. The molecule has 1 amide bonds. The van der Waals surface area contributed by atoms with E-state index in [0.717, 1.165) is 16.3 Å². The molecule has 1 aliphatic rings. The minimum absolute atomic E-state index is 0.0194. The number of benzene rings is 1. The number of hydrogen-bond donors (Lipinski definition) is 1. The van der Waals surface area contributed by atoms with Crippen LogP contribution in [0, 0.1) is 0 Å². The van der Waals surface area contributed by atoms with Crippen molar-refractivity contribution in [2.75, 3.05) is 19.3 Å². The van der Waals surface area contributed by atoms with Gasteiger partial charge in [0.1, 0.15) is 0 Å². The molecule has 7 heteroatoms. The van der Waals surface area contributed by atoms with Crippen LogP contribution in [0.5, 0.6) is 0 Å². The summed E-state index contributed by atoms with van der Waals surface area (Å²) >= 11 is 1.48. The molecule has 0 radical (unpaired) electrons. The summed E-state index contributed by atoms with van der Waals surface area (Å²) in [6.45, 7) is 1.01. The van der Waals surface area contributed by atoms with Crippen LogP contribution >= 0.6 is 11.3 Å². The van der Waals surface area contributed by atoms with Crippen LogP contribution in [0.3, 0.4) is 0 Å². The van der Waals surface area contributed by atoms with Gasteiger partial charge in [-0.15, -0.1) is 11.3 Å². The summed E-state index contributed by atoms with van der Waals surface area (Å²) in [5.74, 6) is -0.0194. The van der Waals surface area contributed by atoms with Crippen molar-refractivity contribution in [3.8, 4) is 0 Å². The maximum atomic E-state index is 12.5. The van der Waals surface area contributed by atoms with Crippen molar-refractivity contribution >= 4 is 37.4 Å². The van der Waals surface area contributed by atoms with Crippen molar-refractivity contribution in [2.45, 2.75) is 12.5 Å². The molecule has 112 valence electrons. The SMILES string of the molecule is CS(=O)(=O)N[C@@H]1CCN(C(=O)c2cc3ccccc3s2)C1. The van der Waals surface area contributed by atoms with E-state index in [1.54, 1.807) is 4.90 Å². The molecule has 1 aliphatic heterocycles. The Morgan fingerprint density at radius 1 is 1.38 bits per heavy atom. The minimum atomic E-state index is -3.23. The summed E-state index contributed by atoms with van der Waals surface area (Å²) in [5, 5.41) is 1.07. The van der Waals surface area contributed by atoms with E-state index in [0.29, 0.717) is 24.4 Å². The maximum absolute atomic E-state index is 12.5. The molecule has 5 nitrogen and oxygen atoms in total. The van der Waals surface area contributed by atoms with Gasteiger partial charge in [-0.05, 0) is 23.9 Å². The quantitative estimate of drug-likeness (QED) is 0.934. The van der Waals surface area contributed by atoms with E-state index >= 15 is 0 Å². The van der Waals surface area contributed by atoms with E-state index in [1.807, 2.05) is 30.3 Å². The van der Waals surface area contributed by atoms with E-state index in [9.17, 15) is 13.2 Å². The third-order valence-corrected chi connectivity index (χ3v) is 5.36. The lowest BCUT2D eigenvalue weighted by molar-refractivity contribution is 0.0795. The topological polar surface area (TPSA) is 66.5 Å². The van der Waals surface area contributed by atoms with Crippen molar-refractivity contribution in [1.82, 2.24) is 9.62 Å². The Morgan fingerprint density at radius 2 is 2.14 bits per heavy atom. The number of fused-ring (bicyclic) bond motifs is 1. The van der Waals surface area contributed by atoms with Crippen LogP contribution in [0.25, 0.3) is 10.1 Å². The average molecular weight is 324 g/mol. The second kappa shape index (κ2) is 5.40. The Balaban J connectivity index is 1.74. The number of nitrogens with zero attached hydrogens (tertiary/aromatic N) is 1. The fourth-order valence-corrected chi connectivity index (χ4v) is 4.42.